The minimum absolute atomic E-state index is 0.384. The molecule has 0 aromatic heterocycles. The molecule has 120 valence electrons. The van der Waals surface area contributed by atoms with E-state index in [2.05, 4.69) is 21.2 Å². The first-order chi connectivity index (χ1) is 11.0. The molecule has 6 heteroatoms. The second-order valence-corrected chi connectivity index (χ2v) is 5.69. The van der Waals surface area contributed by atoms with Crippen molar-refractivity contribution in [3.05, 3.63) is 58.6 Å². The number of nitrogens with one attached hydrogen (secondary N) is 1. The lowest BCUT2D eigenvalue weighted by atomic mass is 10.2. The highest BCUT2D eigenvalue weighted by Gasteiger charge is 2.19. The average Bonchev–Trinajstić information content (AvgIpc) is 2.55. The molecule has 0 radical (unpaired) electrons. The zero-order valence-electron chi connectivity index (χ0n) is 12.7. The highest BCUT2D eigenvalue weighted by atomic mass is 79.9. The number of ether oxygens (including phenoxy) is 2. The molecule has 0 bridgehead atoms. The average molecular weight is 378 g/mol. The van der Waals surface area contributed by atoms with Crippen molar-refractivity contribution in [2.75, 3.05) is 12.4 Å². The number of carbonyl (C=O) groups excluding carboxylic acids is 2. The fraction of sp³-hybridized carbons (Fsp3) is 0.176. The quantitative estimate of drug-likeness (QED) is 0.807. The summed E-state index contributed by atoms with van der Waals surface area (Å²) in [4.78, 5) is 24.1. The first-order valence-corrected chi connectivity index (χ1v) is 7.70. The smallest absolute Gasteiger partial charge is 0.338 e. The fourth-order valence-electron chi connectivity index (χ4n) is 1.81. The summed E-state index contributed by atoms with van der Waals surface area (Å²) in [6.07, 6.45) is -0.919. The van der Waals surface area contributed by atoms with Gasteiger partial charge < -0.3 is 14.8 Å². The normalized spacial score (nSPS) is 11.4. The minimum atomic E-state index is -0.919. The monoisotopic (exact) mass is 377 g/mol. The molecule has 2 aromatic rings. The van der Waals surface area contributed by atoms with E-state index in [4.69, 9.17) is 9.47 Å². The van der Waals surface area contributed by atoms with Gasteiger partial charge in [-0.05, 0) is 43.3 Å². The summed E-state index contributed by atoms with van der Waals surface area (Å²) in [5.74, 6) is -0.336. The van der Waals surface area contributed by atoms with Crippen molar-refractivity contribution in [3.8, 4) is 5.75 Å². The number of anilines is 1. The van der Waals surface area contributed by atoms with E-state index in [-0.39, 0.29) is 0 Å². The Labute approximate surface area is 142 Å². The second-order valence-electron chi connectivity index (χ2n) is 4.78. The third-order valence-electron chi connectivity index (χ3n) is 3.07. The van der Waals surface area contributed by atoms with Gasteiger partial charge >= 0.3 is 5.97 Å². The standard InChI is InChI=1S/C17H16BrNO4/c1-11(23-17(21)12-6-8-13(18)9-7-12)16(20)19-14-4-3-5-15(10-14)22-2/h3-11H,1-2H3,(H,19,20)/t11-/m0/s1. The molecule has 0 spiro atoms. The van der Waals surface area contributed by atoms with Crippen LogP contribution in [0, 0.1) is 0 Å². The number of carbonyl (C=O) groups is 2. The number of hydrogen-bond acceptors (Lipinski definition) is 4. The van der Waals surface area contributed by atoms with Crippen molar-refractivity contribution in [3.63, 3.8) is 0 Å². The fourth-order valence-corrected chi connectivity index (χ4v) is 2.08. The molecular formula is C17H16BrNO4. The zero-order valence-corrected chi connectivity index (χ0v) is 14.3. The second kappa shape index (κ2) is 7.78. The highest BCUT2D eigenvalue weighted by molar-refractivity contribution is 9.10. The van der Waals surface area contributed by atoms with Gasteiger partial charge in [0, 0.05) is 16.2 Å². The SMILES string of the molecule is COc1cccc(NC(=O)[C@H](C)OC(=O)c2ccc(Br)cc2)c1. The number of amides is 1. The molecule has 0 heterocycles. The summed E-state index contributed by atoms with van der Waals surface area (Å²) >= 11 is 3.29. The first-order valence-electron chi connectivity index (χ1n) is 6.91. The van der Waals surface area contributed by atoms with Crippen LogP contribution in [-0.2, 0) is 9.53 Å². The van der Waals surface area contributed by atoms with Gasteiger partial charge in [0.15, 0.2) is 6.10 Å². The Balaban J connectivity index is 1.96. The molecule has 0 aliphatic rings. The van der Waals surface area contributed by atoms with Gasteiger partial charge in [-0.1, -0.05) is 22.0 Å². The molecule has 5 nitrogen and oxygen atoms in total. The summed E-state index contributed by atoms with van der Waals surface area (Å²) in [6, 6.07) is 13.7. The van der Waals surface area contributed by atoms with Crippen LogP contribution in [0.5, 0.6) is 5.75 Å². The van der Waals surface area contributed by atoms with Crippen molar-refractivity contribution in [2.24, 2.45) is 0 Å². The van der Waals surface area contributed by atoms with Gasteiger partial charge in [0.1, 0.15) is 5.75 Å². The van der Waals surface area contributed by atoms with Crippen LogP contribution in [0.15, 0.2) is 53.0 Å². The van der Waals surface area contributed by atoms with Gasteiger partial charge in [-0.2, -0.15) is 0 Å². The van der Waals surface area contributed by atoms with Crippen LogP contribution in [-0.4, -0.2) is 25.1 Å². The third-order valence-corrected chi connectivity index (χ3v) is 3.60. The van der Waals surface area contributed by atoms with Gasteiger partial charge in [0.2, 0.25) is 0 Å². The molecule has 0 aliphatic heterocycles. The summed E-state index contributed by atoms with van der Waals surface area (Å²) in [5.41, 5.74) is 0.954. The van der Waals surface area contributed by atoms with Gasteiger partial charge in [-0.15, -0.1) is 0 Å². The van der Waals surface area contributed by atoms with E-state index in [0.29, 0.717) is 17.0 Å². The van der Waals surface area contributed by atoms with Crippen LogP contribution < -0.4 is 10.1 Å². The molecule has 0 unspecified atom stereocenters. The van der Waals surface area contributed by atoms with E-state index in [1.807, 2.05) is 0 Å². The Bertz CT molecular complexity index is 700. The summed E-state index contributed by atoms with van der Waals surface area (Å²) in [5, 5.41) is 2.68. The predicted molar refractivity (Wildman–Crippen MR) is 90.6 cm³/mol. The van der Waals surface area contributed by atoms with Crippen molar-refractivity contribution in [2.45, 2.75) is 13.0 Å². The number of benzene rings is 2. The molecule has 2 aromatic carbocycles. The van der Waals surface area contributed by atoms with Crippen molar-refractivity contribution < 1.29 is 19.1 Å². The van der Waals surface area contributed by atoms with Gasteiger partial charge in [0.25, 0.3) is 5.91 Å². The van der Waals surface area contributed by atoms with E-state index in [0.717, 1.165) is 4.47 Å². The molecule has 2 rings (SSSR count). The number of hydrogen-bond donors (Lipinski definition) is 1. The molecule has 1 N–H and O–H groups in total. The van der Waals surface area contributed by atoms with E-state index < -0.39 is 18.0 Å². The molecular weight excluding hydrogens is 362 g/mol. The van der Waals surface area contributed by atoms with Crippen LogP contribution >= 0.6 is 15.9 Å². The lowest BCUT2D eigenvalue weighted by molar-refractivity contribution is -0.123. The topological polar surface area (TPSA) is 64.6 Å². The molecule has 23 heavy (non-hydrogen) atoms. The number of halogens is 1. The van der Waals surface area contributed by atoms with Crippen LogP contribution in [0.3, 0.4) is 0 Å². The van der Waals surface area contributed by atoms with E-state index in [9.17, 15) is 9.59 Å². The summed E-state index contributed by atoms with van der Waals surface area (Å²) in [7, 11) is 1.55. The summed E-state index contributed by atoms with van der Waals surface area (Å²) < 4.78 is 11.1. The van der Waals surface area contributed by atoms with Crippen LogP contribution in [0.4, 0.5) is 5.69 Å². The van der Waals surface area contributed by atoms with Crippen molar-refractivity contribution >= 4 is 33.5 Å². The third kappa shape index (κ3) is 4.82. The van der Waals surface area contributed by atoms with Gasteiger partial charge in [-0.25, -0.2) is 4.79 Å². The lowest BCUT2D eigenvalue weighted by Gasteiger charge is -2.14. The molecule has 0 saturated heterocycles. The lowest BCUT2D eigenvalue weighted by Crippen LogP contribution is -2.30. The Morgan fingerprint density at radius 3 is 2.48 bits per heavy atom. The molecule has 0 saturated carbocycles. The maximum Gasteiger partial charge on any atom is 0.338 e. The minimum Gasteiger partial charge on any atom is -0.497 e. The summed E-state index contributed by atoms with van der Waals surface area (Å²) in [6.45, 7) is 1.52. The van der Waals surface area contributed by atoms with Gasteiger partial charge in [0.05, 0.1) is 12.7 Å². The Hall–Kier alpha value is -2.34. The number of methoxy groups -OCH3 is 1. The largest absolute Gasteiger partial charge is 0.497 e. The van der Waals surface area contributed by atoms with E-state index in [1.54, 1.807) is 55.6 Å². The van der Waals surface area contributed by atoms with Gasteiger partial charge in [-0.3, -0.25) is 4.79 Å². The number of esters is 1. The highest BCUT2D eigenvalue weighted by Crippen LogP contribution is 2.17. The maximum absolute atomic E-state index is 12.1. The number of rotatable bonds is 5. The molecule has 1 amide bonds. The van der Waals surface area contributed by atoms with E-state index in [1.165, 1.54) is 6.92 Å². The Morgan fingerprint density at radius 1 is 1.13 bits per heavy atom. The predicted octanol–water partition coefficient (Wildman–Crippen LogP) is 3.64. The van der Waals surface area contributed by atoms with Crippen LogP contribution in [0.1, 0.15) is 17.3 Å². The van der Waals surface area contributed by atoms with Crippen LogP contribution in [0.2, 0.25) is 0 Å². The Morgan fingerprint density at radius 2 is 1.83 bits per heavy atom. The molecule has 1 atom stereocenters. The molecule has 0 fully saturated rings. The van der Waals surface area contributed by atoms with Crippen molar-refractivity contribution in [1.82, 2.24) is 0 Å². The Kier molecular flexibility index (Phi) is 5.76. The molecule has 0 aliphatic carbocycles. The van der Waals surface area contributed by atoms with Crippen LogP contribution in [0.25, 0.3) is 0 Å². The van der Waals surface area contributed by atoms with Crippen molar-refractivity contribution in [1.29, 1.82) is 0 Å². The zero-order chi connectivity index (χ0) is 16.8. The van der Waals surface area contributed by atoms with E-state index >= 15 is 0 Å². The maximum atomic E-state index is 12.1. The first kappa shape index (κ1) is 17.0.